The smallest absolute Gasteiger partial charge is 0.151 e. The Balaban J connectivity index is 2.37. The van der Waals surface area contributed by atoms with Crippen molar-refractivity contribution in [3.63, 3.8) is 0 Å². The lowest BCUT2D eigenvalue weighted by Gasteiger charge is -2.22. The number of unbranched alkanes of at least 4 members (excludes halogenated alkanes) is 2. The third kappa shape index (κ3) is 3.52. The summed E-state index contributed by atoms with van der Waals surface area (Å²) < 4.78 is 10.6. The molecule has 0 aromatic rings. The molecule has 2 N–H and O–H groups in total. The molecule has 0 saturated carbocycles. The first-order valence-corrected chi connectivity index (χ1v) is 5.75. The summed E-state index contributed by atoms with van der Waals surface area (Å²) in [6.45, 7) is 2.71. The first-order valence-electron chi connectivity index (χ1n) is 5.75. The lowest BCUT2D eigenvalue weighted by atomic mass is 10.1. The second-order valence-electron chi connectivity index (χ2n) is 4.03. The van der Waals surface area contributed by atoms with Gasteiger partial charge in [0.1, 0.15) is 24.4 Å². The van der Waals surface area contributed by atoms with E-state index in [4.69, 9.17) is 9.47 Å². The average Bonchev–Trinajstić information content (AvgIpc) is 2.65. The van der Waals surface area contributed by atoms with E-state index >= 15 is 0 Å². The van der Waals surface area contributed by atoms with Gasteiger partial charge in [-0.05, 0) is 6.42 Å². The van der Waals surface area contributed by atoms with Crippen molar-refractivity contribution >= 4 is 6.29 Å². The van der Waals surface area contributed by atoms with Gasteiger partial charge in [-0.1, -0.05) is 19.8 Å². The molecule has 0 radical (unpaired) electrons. The molecule has 0 aromatic carbocycles. The number of carbonyl (C=O) groups is 1. The first kappa shape index (κ1) is 13.6. The van der Waals surface area contributed by atoms with Crippen molar-refractivity contribution in [3.8, 4) is 0 Å². The van der Waals surface area contributed by atoms with Crippen LogP contribution < -0.4 is 0 Å². The van der Waals surface area contributed by atoms with E-state index in [2.05, 4.69) is 6.92 Å². The monoisotopic (exact) mass is 232 g/mol. The lowest BCUT2D eigenvalue weighted by Crippen LogP contribution is -2.41. The van der Waals surface area contributed by atoms with Crippen LogP contribution in [0, 0.1) is 0 Å². The molecule has 5 nitrogen and oxygen atoms in total. The molecule has 4 atom stereocenters. The Bertz CT molecular complexity index is 209. The van der Waals surface area contributed by atoms with E-state index in [0.717, 1.165) is 19.3 Å². The predicted molar refractivity (Wildman–Crippen MR) is 57.1 cm³/mol. The standard InChI is InChI=1S/C11H20O5/c1-2-3-4-5-15-11-9(14)7-16-10(11)8(13)6-12/h6,8-11,13-14H,2-5,7H2,1H3/t8-,9+,10+,11-/m0/s1. The van der Waals surface area contributed by atoms with Crippen LogP contribution in [0.25, 0.3) is 0 Å². The minimum absolute atomic E-state index is 0.105. The molecule has 0 amide bonds. The topological polar surface area (TPSA) is 76.0 Å². The Hall–Kier alpha value is -0.490. The van der Waals surface area contributed by atoms with Crippen LogP contribution in [0.2, 0.25) is 0 Å². The number of hydrogen-bond donors (Lipinski definition) is 2. The summed E-state index contributed by atoms with van der Waals surface area (Å²) in [4.78, 5) is 10.5. The average molecular weight is 232 g/mol. The number of aldehydes is 1. The van der Waals surface area contributed by atoms with Crippen LogP contribution in [0.15, 0.2) is 0 Å². The van der Waals surface area contributed by atoms with Crippen molar-refractivity contribution < 1.29 is 24.5 Å². The zero-order valence-electron chi connectivity index (χ0n) is 9.54. The predicted octanol–water partition coefficient (Wildman–Crippen LogP) is -0.119. The second-order valence-corrected chi connectivity index (χ2v) is 4.03. The van der Waals surface area contributed by atoms with Gasteiger partial charge in [-0.2, -0.15) is 0 Å². The zero-order chi connectivity index (χ0) is 12.0. The number of rotatable bonds is 7. The van der Waals surface area contributed by atoms with Crippen molar-refractivity contribution in [1.82, 2.24) is 0 Å². The summed E-state index contributed by atoms with van der Waals surface area (Å²) >= 11 is 0. The summed E-state index contributed by atoms with van der Waals surface area (Å²) in [6, 6.07) is 0. The highest BCUT2D eigenvalue weighted by atomic mass is 16.6. The highest BCUT2D eigenvalue weighted by Gasteiger charge is 2.41. The van der Waals surface area contributed by atoms with Gasteiger partial charge in [-0.15, -0.1) is 0 Å². The summed E-state index contributed by atoms with van der Waals surface area (Å²) in [5, 5.41) is 18.9. The number of hydrogen-bond acceptors (Lipinski definition) is 5. The van der Waals surface area contributed by atoms with Gasteiger partial charge in [0, 0.05) is 6.61 Å². The van der Waals surface area contributed by atoms with Gasteiger partial charge in [-0.3, -0.25) is 0 Å². The third-order valence-electron chi connectivity index (χ3n) is 2.70. The Morgan fingerprint density at radius 3 is 2.94 bits per heavy atom. The van der Waals surface area contributed by atoms with Gasteiger partial charge in [0.15, 0.2) is 6.29 Å². The largest absolute Gasteiger partial charge is 0.388 e. The van der Waals surface area contributed by atoms with Gasteiger partial charge in [0.05, 0.1) is 6.61 Å². The lowest BCUT2D eigenvalue weighted by molar-refractivity contribution is -0.128. The summed E-state index contributed by atoms with van der Waals surface area (Å²) in [7, 11) is 0. The van der Waals surface area contributed by atoms with Gasteiger partial charge in [0.2, 0.25) is 0 Å². The van der Waals surface area contributed by atoms with E-state index in [-0.39, 0.29) is 6.61 Å². The summed E-state index contributed by atoms with van der Waals surface area (Å²) in [6.07, 6.45) is 0.132. The van der Waals surface area contributed by atoms with E-state index in [9.17, 15) is 15.0 Å². The van der Waals surface area contributed by atoms with E-state index in [1.807, 2.05) is 0 Å². The molecule has 0 bridgehead atoms. The molecule has 1 aliphatic heterocycles. The van der Waals surface area contributed by atoms with Crippen LogP contribution >= 0.6 is 0 Å². The minimum atomic E-state index is -1.23. The van der Waals surface area contributed by atoms with Crippen molar-refractivity contribution in [2.75, 3.05) is 13.2 Å². The minimum Gasteiger partial charge on any atom is -0.388 e. The second kappa shape index (κ2) is 6.96. The van der Waals surface area contributed by atoms with Gasteiger partial charge >= 0.3 is 0 Å². The molecular weight excluding hydrogens is 212 g/mol. The van der Waals surface area contributed by atoms with E-state index in [1.54, 1.807) is 0 Å². The highest BCUT2D eigenvalue weighted by Crippen LogP contribution is 2.20. The van der Waals surface area contributed by atoms with E-state index in [1.165, 1.54) is 0 Å². The third-order valence-corrected chi connectivity index (χ3v) is 2.70. The van der Waals surface area contributed by atoms with Crippen LogP contribution in [0.1, 0.15) is 26.2 Å². The van der Waals surface area contributed by atoms with Crippen LogP contribution in [-0.4, -0.2) is 54.1 Å². The highest BCUT2D eigenvalue weighted by molar-refractivity contribution is 5.57. The van der Waals surface area contributed by atoms with Gasteiger partial charge in [-0.25, -0.2) is 0 Å². The maximum absolute atomic E-state index is 10.5. The fraction of sp³-hybridized carbons (Fsp3) is 0.909. The van der Waals surface area contributed by atoms with Crippen LogP contribution in [0.5, 0.6) is 0 Å². The fourth-order valence-corrected chi connectivity index (χ4v) is 1.77. The molecule has 0 spiro atoms. The molecule has 16 heavy (non-hydrogen) atoms. The Labute approximate surface area is 95.4 Å². The number of carbonyl (C=O) groups excluding carboxylic acids is 1. The molecular formula is C11H20O5. The molecule has 0 unspecified atom stereocenters. The van der Waals surface area contributed by atoms with Crippen LogP contribution in [0.3, 0.4) is 0 Å². The normalized spacial score (nSPS) is 31.6. The first-order chi connectivity index (χ1) is 7.70. The Morgan fingerprint density at radius 1 is 1.56 bits per heavy atom. The number of aliphatic hydroxyl groups is 2. The molecule has 5 heteroatoms. The van der Waals surface area contributed by atoms with Crippen LogP contribution in [-0.2, 0) is 14.3 Å². The van der Waals surface area contributed by atoms with Gasteiger partial charge in [0.25, 0.3) is 0 Å². The molecule has 1 heterocycles. The van der Waals surface area contributed by atoms with Crippen molar-refractivity contribution in [1.29, 1.82) is 0 Å². The fourth-order valence-electron chi connectivity index (χ4n) is 1.77. The molecule has 0 aromatic heterocycles. The SMILES string of the molecule is CCCCCO[C@@H]1[C@@H]([C@@H](O)C=O)OC[C@H]1O. The molecule has 1 fully saturated rings. The molecule has 0 aliphatic carbocycles. The molecule has 94 valence electrons. The summed E-state index contributed by atoms with van der Waals surface area (Å²) in [5.74, 6) is 0. The molecule has 1 aliphatic rings. The quantitative estimate of drug-likeness (QED) is 0.473. The zero-order valence-corrected chi connectivity index (χ0v) is 9.54. The van der Waals surface area contributed by atoms with E-state index < -0.39 is 24.4 Å². The maximum atomic E-state index is 10.5. The van der Waals surface area contributed by atoms with E-state index in [0.29, 0.717) is 12.9 Å². The Kier molecular flexibility index (Phi) is 5.90. The number of aliphatic hydroxyl groups excluding tert-OH is 2. The summed E-state index contributed by atoms with van der Waals surface area (Å²) in [5.41, 5.74) is 0. The molecule has 1 rings (SSSR count). The van der Waals surface area contributed by atoms with Crippen LogP contribution in [0.4, 0.5) is 0 Å². The maximum Gasteiger partial charge on any atom is 0.151 e. The van der Waals surface area contributed by atoms with Crippen molar-refractivity contribution in [2.45, 2.75) is 50.6 Å². The number of ether oxygens (including phenoxy) is 2. The molecule has 1 saturated heterocycles. The van der Waals surface area contributed by atoms with Gasteiger partial charge < -0.3 is 24.5 Å². The van der Waals surface area contributed by atoms with Crippen molar-refractivity contribution in [3.05, 3.63) is 0 Å². The van der Waals surface area contributed by atoms with Crippen molar-refractivity contribution in [2.24, 2.45) is 0 Å². The Morgan fingerprint density at radius 2 is 2.31 bits per heavy atom.